The maximum absolute atomic E-state index is 4.03. The van der Waals surface area contributed by atoms with Crippen molar-refractivity contribution < 1.29 is 0 Å². The van der Waals surface area contributed by atoms with E-state index < -0.39 is 0 Å². The van der Waals surface area contributed by atoms with Gasteiger partial charge in [0.25, 0.3) is 0 Å². The van der Waals surface area contributed by atoms with Crippen LogP contribution >= 0.6 is 11.8 Å². The van der Waals surface area contributed by atoms with E-state index in [1.54, 1.807) is 0 Å². The Morgan fingerprint density at radius 2 is 2.00 bits per heavy atom. The average molecular weight is 224 g/mol. The molecule has 0 bridgehead atoms. The van der Waals surface area contributed by atoms with E-state index in [4.69, 9.17) is 0 Å². The second-order valence-corrected chi connectivity index (χ2v) is 5.03. The molecule has 0 amide bonds. The summed E-state index contributed by atoms with van der Waals surface area (Å²) >= 11 is 1.91. The van der Waals surface area contributed by atoms with Crippen molar-refractivity contribution in [2.75, 3.05) is 6.54 Å². The quantitative estimate of drug-likeness (QED) is 0.752. The number of nitrogens with zero attached hydrogens (tertiary/aromatic N) is 1. The van der Waals surface area contributed by atoms with E-state index >= 15 is 0 Å². The van der Waals surface area contributed by atoms with Gasteiger partial charge in [0, 0.05) is 28.6 Å². The van der Waals surface area contributed by atoms with Crippen LogP contribution in [0.5, 0.6) is 0 Å². The summed E-state index contributed by atoms with van der Waals surface area (Å²) in [6.45, 7) is 7.71. The van der Waals surface area contributed by atoms with E-state index in [1.165, 1.54) is 11.3 Å². The van der Waals surface area contributed by atoms with Gasteiger partial charge in [-0.15, -0.1) is 11.8 Å². The molecule has 1 heterocycles. The molecule has 0 aliphatic carbocycles. The minimum absolute atomic E-state index is 0.591. The van der Waals surface area contributed by atoms with Crippen LogP contribution in [0.2, 0.25) is 0 Å². The van der Waals surface area contributed by atoms with E-state index in [0.717, 1.165) is 6.54 Å². The second kappa shape index (κ2) is 6.85. The highest BCUT2D eigenvalue weighted by Gasteiger charge is 2.14. The predicted octanol–water partition coefficient (Wildman–Crippen LogP) is 2.95. The van der Waals surface area contributed by atoms with Crippen LogP contribution in [-0.4, -0.2) is 22.8 Å². The Labute approximate surface area is 96.9 Å². The van der Waals surface area contributed by atoms with Gasteiger partial charge < -0.3 is 5.32 Å². The van der Waals surface area contributed by atoms with E-state index in [0.29, 0.717) is 11.3 Å². The van der Waals surface area contributed by atoms with Crippen molar-refractivity contribution in [2.24, 2.45) is 0 Å². The summed E-state index contributed by atoms with van der Waals surface area (Å²) in [5, 5.41) is 4.11. The van der Waals surface area contributed by atoms with Gasteiger partial charge in [-0.05, 0) is 25.1 Å². The van der Waals surface area contributed by atoms with Gasteiger partial charge in [-0.3, -0.25) is 4.98 Å². The molecular weight excluding hydrogens is 204 g/mol. The molecule has 0 aliphatic rings. The van der Waals surface area contributed by atoms with Gasteiger partial charge in [0.15, 0.2) is 0 Å². The van der Waals surface area contributed by atoms with E-state index in [9.17, 15) is 0 Å². The Bertz CT molecular complexity index is 264. The minimum Gasteiger partial charge on any atom is -0.313 e. The van der Waals surface area contributed by atoms with E-state index in [1.807, 2.05) is 24.2 Å². The molecule has 0 aromatic carbocycles. The second-order valence-electron chi connectivity index (χ2n) is 3.58. The van der Waals surface area contributed by atoms with Crippen molar-refractivity contribution in [2.45, 2.75) is 43.4 Å². The molecule has 0 radical (unpaired) electrons. The van der Waals surface area contributed by atoms with Crippen LogP contribution in [-0.2, 0) is 0 Å². The molecule has 1 rings (SSSR count). The standard InChI is InChI=1S/C12H20N2S/c1-4-12(14-5-2)10(3)15-11-6-8-13-9-7-11/h6-10,12,14H,4-5H2,1-3H3. The van der Waals surface area contributed by atoms with E-state index in [-0.39, 0.29) is 0 Å². The van der Waals surface area contributed by atoms with E-state index in [2.05, 4.69) is 43.2 Å². The van der Waals surface area contributed by atoms with Crippen LogP contribution in [0.4, 0.5) is 0 Å². The number of nitrogens with one attached hydrogen (secondary N) is 1. The van der Waals surface area contributed by atoms with Crippen molar-refractivity contribution in [1.29, 1.82) is 0 Å². The summed E-state index contributed by atoms with van der Waals surface area (Å²) in [7, 11) is 0. The minimum atomic E-state index is 0.591. The number of hydrogen-bond donors (Lipinski definition) is 1. The number of aromatic nitrogens is 1. The summed E-state index contributed by atoms with van der Waals surface area (Å²) < 4.78 is 0. The largest absolute Gasteiger partial charge is 0.313 e. The highest BCUT2D eigenvalue weighted by Crippen LogP contribution is 2.25. The molecule has 0 spiro atoms. The van der Waals surface area contributed by atoms with Crippen LogP contribution in [0, 0.1) is 0 Å². The first-order chi connectivity index (χ1) is 7.27. The first kappa shape index (κ1) is 12.5. The first-order valence-corrected chi connectivity index (χ1v) is 6.46. The molecule has 0 aliphatic heterocycles. The SMILES string of the molecule is CCNC(CC)C(C)Sc1ccncc1. The summed E-state index contributed by atoms with van der Waals surface area (Å²) in [5.41, 5.74) is 0. The maximum Gasteiger partial charge on any atom is 0.0278 e. The van der Waals surface area contributed by atoms with Crippen LogP contribution < -0.4 is 5.32 Å². The Hall–Kier alpha value is -0.540. The van der Waals surface area contributed by atoms with Crippen molar-refractivity contribution in [3.05, 3.63) is 24.5 Å². The number of thioether (sulfide) groups is 1. The van der Waals surface area contributed by atoms with Gasteiger partial charge >= 0.3 is 0 Å². The smallest absolute Gasteiger partial charge is 0.0278 e. The Morgan fingerprint density at radius 3 is 2.53 bits per heavy atom. The third-order valence-corrected chi connectivity index (χ3v) is 3.69. The fraction of sp³-hybridized carbons (Fsp3) is 0.583. The number of rotatable bonds is 6. The lowest BCUT2D eigenvalue weighted by Crippen LogP contribution is -2.35. The number of pyridine rings is 1. The lowest BCUT2D eigenvalue weighted by molar-refractivity contribution is 0.509. The van der Waals surface area contributed by atoms with Crippen molar-refractivity contribution in [3.63, 3.8) is 0 Å². The predicted molar refractivity (Wildman–Crippen MR) is 67.3 cm³/mol. The molecule has 1 aromatic rings. The summed E-state index contributed by atoms with van der Waals surface area (Å²) in [6.07, 6.45) is 4.87. The van der Waals surface area contributed by atoms with Gasteiger partial charge in [-0.1, -0.05) is 20.8 Å². The molecular formula is C12H20N2S. The monoisotopic (exact) mass is 224 g/mol. The normalized spacial score (nSPS) is 14.9. The van der Waals surface area contributed by atoms with Crippen LogP contribution in [0.25, 0.3) is 0 Å². The zero-order valence-electron chi connectivity index (χ0n) is 9.73. The van der Waals surface area contributed by atoms with Crippen molar-refractivity contribution >= 4 is 11.8 Å². The summed E-state index contributed by atoms with van der Waals surface area (Å²) in [6, 6.07) is 4.73. The fourth-order valence-electron chi connectivity index (χ4n) is 1.62. The van der Waals surface area contributed by atoms with Crippen LogP contribution in [0.15, 0.2) is 29.4 Å². The molecule has 0 saturated heterocycles. The summed E-state index contributed by atoms with van der Waals surface area (Å²) in [4.78, 5) is 5.32. The van der Waals surface area contributed by atoms with Crippen LogP contribution in [0.3, 0.4) is 0 Å². The molecule has 2 unspecified atom stereocenters. The molecule has 0 saturated carbocycles. The van der Waals surface area contributed by atoms with Gasteiger partial charge in [-0.25, -0.2) is 0 Å². The first-order valence-electron chi connectivity index (χ1n) is 5.58. The average Bonchev–Trinajstić information content (AvgIpc) is 2.27. The Kier molecular flexibility index (Phi) is 5.73. The van der Waals surface area contributed by atoms with Gasteiger partial charge in [-0.2, -0.15) is 0 Å². The van der Waals surface area contributed by atoms with Gasteiger partial charge in [0.1, 0.15) is 0 Å². The highest BCUT2D eigenvalue weighted by atomic mass is 32.2. The molecule has 3 heteroatoms. The molecule has 84 valence electrons. The van der Waals surface area contributed by atoms with Crippen LogP contribution in [0.1, 0.15) is 27.2 Å². The molecule has 2 nitrogen and oxygen atoms in total. The van der Waals surface area contributed by atoms with Crippen molar-refractivity contribution in [1.82, 2.24) is 10.3 Å². The molecule has 1 N–H and O–H groups in total. The summed E-state index contributed by atoms with van der Waals surface area (Å²) in [5.74, 6) is 0. The molecule has 0 fully saturated rings. The van der Waals surface area contributed by atoms with Crippen molar-refractivity contribution in [3.8, 4) is 0 Å². The third kappa shape index (κ3) is 4.22. The van der Waals surface area contributed by atoms with Gasteiger partial charge in [0.2, 0.25) is 0 Å². The lowest BCUT2D eigenvalue weighted by atomic mass is 10.2. The molecule has 1 aromatic heterocycles. The maximum atomic E-state index is 4.03. The topological polar surface area (TPSA) is 24.9 Å². The van der Waals surface area contributed by atoms with Gasteiger partial charge in [0.05, 0.1) is 0 Å². The molecule has 15 heavy (non-hydrogen) atoms. The highest BCUT2D eigenvalue weighted by molar-refractivity contribution is 8.00. The molecule has 2 atom stereocenters. The fourth-order valence-corrected chi connectivity index (χ4v) is 2.78. The zero-order chi connectivity index (χ0) is 11.1. The zero-order valence-corrected chi connectivity index (χ0v) is 10.6. The third-order valence-electron chi connectivity index (χ3n) is 2.44. The Balaban J connectivity index is 2.50. The number of hydrogen-bond acceptors (Lipinski definition) is 3. The lowest BCUT2D eigenvalue weighted by Gasteiger charge is -2.22. The Morgan fingerprint density at radius 1 is 1.33 bits per heavy atom.